The van der Waals surface area contributed by atoms with Gasteiger partial charge in [-0.2, -0.15) is 0 Å². The fourth-order valence-corrected chi connectivity index (χ4v) is 4.09. The van der Waals surface area contributed by atoms with Crippen LogP contribution in [0.3, 0.4) is 0 Å². The summed E-state index contributed by atoms with van der Waals surface area (Å²) in [4.78, 5) is 0.965. The van der Waals surface area contributed by atoms with E-state index in [0.717, 1.165) is 30.6 Å². The van der Waals surface area contributed by atoms with E-state index < -0.39 is 10.8 Å². The maximum atomic E-state index is 12.5. The van der Waals surface area contributed by atoms with Gasteiger partial charge in [0.1, 0.15) is 0 Å². The Bertz CT molecular complexity index is 430. The number of benzene rings is 1. The van der Waals surface area contributed by atoms with Crippen LogP contribution in [0.15, 0.2) is 23.1 Å². The number of aryl methyl sites for hydroxylation is 2. The molecule has 0 heterocycles. The van der Waals surface area contributed by atoms with Crippen LogP contribution in [-0.2, 0) is 10.8 Å². The SMILES string of the molecule is Cc1ccc(S(=O)C2CCCC(N)C2)cc1C. The molecule has 2 rings (SSSR count). The topological polar surface area (TPSA) is 43.1 Å². The van der Waals surface area contributed by atoms with Gasteiger partial charge in [-0.3, -0.25) is 4.21 Å². The van der Waals surface area contributed by atoms with Crippen LogP contribution >= 0.6 is 0 Å². The first-order valence-corrected chi connectivity index (χ1v) is 7.52. The third kappa shape index (κ3) is 2.96. The lowest BCUT2D eigenvalue weighted by Crippen LogP contribution is -2.33. The normalized spacial score (nSPS) is 26.8. The average molecular weight is 251 g/mol. The summed E-state index contributed by atoms with van der Waals surface area (Å²) in [6, 6.07) is 6.36. The highest BCUT2D eigenvalue weighted by atomic mass is 32.2. The second kappa shape index (κ2) is 5.32. The summed E-state index contributed by atoms with van der Waals surface area (Å²) in [5, 5.41) is 0.251. The summed E-state index contributed by atoms with van der Waals surface area (Å²) in [7, 11) is -0.889. The molecule has 2 N–H and O–H groups in total. The Morgan fingerprint density at radius 1 is 1.24 bits per heavy atom. The summed E-state index contributed by atoms with van der Waals surface area (Å²) < 4.78 is 12.5. The molecule has 0 aliphatic heterocycles. The second-order valence-corrected chi connectivity index (χ2v) is 6.83. The Kier molecular flexibility index (Phi) is 4.00. The Balaban J connectivity index is 2.15. The molecule has 0 spiro atoms. The highest BCUT2D eigenvalue weighted by Crippen LogP contribution is 2.26. The molecule has 3 atom stereocenters. The molecular formula is C14H21NOS. The lowest BCUT2D eigenvalue weighted by atomic mass is 9.96. The van der Waals surface area contributed by atoms with Gasteiger partial charge in [0.05, 0.1) is 10.8 Å². The van der Waals surface area contributed by atoms with E-state index in [1.807, 2.05) is 6.07 Å². The van der Waals surface area contributed by atoms with Crippen LogP contribution in [0.25, 0.3) is 0 Å². The van der Waals surface area contributed by atoms with Crippen molar-refractivity contribution in [3.63, 3.8) is 0 Å². The van der Waals surface area contributed by atoms with Gasteiger partial charge in [0.2, 0.25) is 0 Å². The van der Waals surface area contributed by atoms with E-state index in [1.54, 1.807) is 0 Å². The molecule has 1 aliphatic carbocycles. The third-order valence-corrected chi connectivity index (χ3v) is 5.43. The fraction of sp³-hybridized carbons (Fsp3) is 0.571. The van der Waals surface area contributed by atoms with Gasteiger partial charge >= 0.3 is 0 Å². The van der Waals surface area contributed by atoms with Crippen LogP contribution in [0, 0.1) is 13.8 Å². The van der Waals surface area contributed by atoms with E-state index in [4.69, 9.17) is 5.73 Å². The summed E-state index contributed by atoms with van der Waals surface area (Å²) in [6.45, 7) is 4.15. The molecule has 1 aromatic rings. The van der Waals surface area contributed by atoms with Crippen LogP contribution in [0.2, 0.25) is 0 Å². The van der Waals surface area contributed by atoms with Gasteiger partial charge in [0, 0.05) is 16.2 Å². The molecule has 1 saturated carbocycles. The highest BCUT2D eigenvalue weighted by Gasteiger charge is 2.25. The van der Waals surface area contributed by atoms with Crippen molar-refractivity contribution in [2.45, 2.75) is 55.7 Å². The molecule has 1 fully saturated rings. The molecule has 1 aliphatic rings. The minimum Gasteiger partial charge on any atom is -0.328 e. The van der Waals surface area contributed by atoms with Crippen LogP contribution in [0.5, 0.6) is 0 Å². The molecule has 3 unspecified atom stereocenters. The van der Waals surface area contributed by atoms with E-state index >= 15 is 0 Å². The largest absolute Gasteiger partial charge is 0.328 e. The third-order valence-electron chi connectivity index (χ3n) is 3.68. The van der Waals surface area contributed by atoms with Crippen molar-refractivity contribution in [3.05, 3.63) is 29.3 Å². The molecule has 17 heavy (non-hydrogen) atoms. The minimum atomic E-state index is -0.889. The Morgan fingerprint density at radius 2 is 2.00 bits per heavy atom. The van der Waals surface area contributed by atoms with E-state index in [2.05, 4.69) is 26.0 Å². The molecule has 1 aromatic carbocycles. The van der Waals surface area contributed by atoms with Crippen molar-refractivity contribution in [2.24, 2.45) is 5.73 Å². The van der Waals surface area contributed by atoms with Gasteiger partial charge in [-0.15, -0.1) is 0 Å². The van der Waals surface area contributed by atoms with Gasteiger partial charge in [-0.1, -0.05) is 12.5 Å². The first-order chi connectivity index (χ1) is 8.08. The summed E-state index contributed by atoms with van der Waals surface area (Å²) in [5.74, 6) is 0. The average Bonchev–Trinajstić information content (AvgIpc) is 2.32. The molecule has 0 radical (unpaired) electrons. The van der Waals surface area contributed by atoms with Gasteiger partial charge in [0.15, 0.2) is 0 Å². The van der Waals surface area contributed by atoms with Crippen molar-refractivity contribution in [3.8, 4) is 0 Å². The molecule has 3 heteroatoms. The van der Waals surface area contributed by atoms with Crippen molar-refractivity contribution in [1.82, 2.24) is 0 Å². The lowest BCUT2D eigenvalue weighted by Gasteiger charge is -2.26. The second-order valence-electron chi connectivity index (χ2n) is 5.09. The van der Waals surface area contributed by atoms with Gasteiger partial charge in [-0.05, 0) is 56.4 Å². The molecule has 0 aromatic heterocycles. The lowest BCUT2D eigenvalue weighted by molar-refractivity contribution is 0.444. The standard InChI is InChI=1S/C14H21NOS/c1-10-6-7-14(8-11(10)2)17(16)13-5-3-4-12(15)9-13/h6-8,12-13H,3-5,9,15H2,1-2H3. The molecule has 0 bridgehead atoms. The maximum absolute atomic E-state index is 12.5. The highest BCUT2D eigenvalue weighted by molar-refractivity contribution is 7.85. The summed E-state index contributed by atoms with van der Waals surface area (Å²) in [5.41, 5.74) is 8.43. The Morgan fingerprint density at radius 3 is 2.65 bits per heavy atom. The van der Waals surface area contributed by atoms with Crippen LogP contribution < -0.4 is 5.73 Å². The quantitative estimate of drug-likeness (QED) is 0.878. The minimum absolute atomic E-state index is 0.240. The van der Waals surface area contributed by atoms with E-state index in [0.29, 0.717) is 0 Å². The molecule has 2 nitrogen and oxygen atoms in total. The van der Waals surface area contributed by atoms with E-state index in [-0.39, 0.29) is 11.3 Å². The van der Waals surface area contributed by atoms with Crippen LogP contribution in [0.1, 0.15) is 36.8 Å². The Labute approximate surface area is 106 Å². The van der Waals surface area contributed by atoms with Crippen LogP contribution in [-0.4, -0.2) is 15.5 Å². The number of nitrogens with two attached hydrogens (primary N) is 1. The first kappa shape index (κ1) is 12.8. The van der Waals surface area contributed by atoms with Crippen molar-refractivity contribution >= 4 is 10.8 Å². The zero-order valence-corrected chi connectivity index (χ0v) is 11.4. The predicted molar refractivity (Wildman–Crippen MR) is 72.6 cm³/mol. The monoisotopic (exact) mass is 251 g/mol. The first-order valence-electron chi connectivity index (χ1n) is 6.31. The maximum Gasteiger partial charge on any atom is 0.0561 e. The molecule has 0 saturated heterocycles. The number of rotatable bonds is 2. The molecular weight excluding hydrogens is 230 g/mol. The molecule has 0 amide bonds. The Hall–Kier alpha value is -0.670. The van der Waals surface area contributed by atoms with E-state index in [1.165, 1.54) is 11.1 Å². The van der Waals surface area contributed by atoms with Crippen LogP contribution in [0.4, 0.5) is 0 Å². The summed E-state index contributed by atoms with van der Waals surface area (Å²) >= 11 is 0. The molecule has 94 valence electrons. The smallest absolute Gasteiger partial charge is 0.0561 e. The van der Waals surface area contributed by atoms with Crippen molar-refractivity contribution < 1.29 is 4.21 Å². The van der Waals surface area contributed by atoms with Gasteiger partial charge in [0.25, 0.3) is 0 Å². The zero-order valence-electron chi connectivity index (χ0n) is 10.6. The predicted octanol–water partition coefficient (Wildman–Crippen LogP) is 2.68. The van der Waals surface area contributed by atoms with Crippen molar-refractivity contribution in [2.75, 3.05) is 0 Å². The fourth-order valence-electron chi connectivity index (χ4n) is 2.41. The van der Waals surface area contributed by atoms with Crippen molar-refractivity contribution in [1.29, 1.82) is 0 Å². The number of hydrogen-bond donors (Lipinski definition) is 1. The summed E-state index contributed by atoms with van der Waals surface area (Å²) in [6.07, 6.45) is 4.15. The zero-order chi connectivity index (χ0) is 12.4. The van der Waals surface area contributed by atoms with E-state index in [9.17, 15) is 4.21 Å². The van der Waals surface area contributed by atoms with Gasteiger partial charge in [-0.25, -0.2) is 0 Å². The number of hydrogen-bond acceptors (Lipinski definition) is 2. The van der Waals surface area contributed by atoms with Gasteiger partial charge < -0.3 is 5.73 Å².